The summed E-state index contributed by atoms with van der Waals surface area (Å²) in [6.45, 7) is 0.286. The van der Waals surface area contributed by atoms with E-state index in [1.165, 1.54) is 0 Å². The Morgan fingerprint density at radius 2 is 1.83 bits per heavy atom. The molecule has 3 aromatic rings. The fourth-order valence-corrected chi connectivity index (χ4v) is 2.83. The molecular weight excluding hydrogens is 350 g/mol. The minimum Gasteiger partial charge on any atom is -0.333 e. The number of allylic oxidation sites excluding steroid dienone is 1. The van der Waals surface area contributed by atoms with Gasteiger partial charge in [0, 0.05) is 27.1 Å². The summed E-state index contributed by atoms with van der Waals surface area (Å²) in [5.74, 6) is 0. The first-order chi connectivity index (χ1) is 11.2. The van der Waals surface area contributed by atoms with Gasteiger partial charge in [-0.25, -0.2) is 0 Å². The van der Waals surface area contributed by atoms with Crippen LogP contribution >= 0.6 is 15.9 Å². The van der Waals surface area contributed by atoms with E-state index in [9.17, 15) is 5.26 Å². The van der Waals surface area contributed by atoms with Crippen molar-refractivity contribution >= 4 is 38.5 Å². The van der Waals surface area contributed by atoms with Crippen molar-refractivity contribution in [1.82, 2.24) is 4.57 Å². The van der Waals surface area contributed by atoms with Crippen LogP contribution in [0.1, 0.15) is 11.1 Å². The fraction of sp³-hybridized carbons (Fsp3) is 0.0526. The zero-order valence-corrected chi connectivity index (χ0v) is 13.8. The number of halogens is 1. The highest BCUT2D eigenvalue weighted by molar-refractivity contribution is 9.10. The maximum Gasteiger partial charge on any atom is 0.110 e. The molecule has 0 aliphatic heterocycles. The number of benzene rings is 2. The van der Waals surface area contributed by atoms with E-state index in [1.807, 2.05) is 65.4 Å². The van der Waals surface area contributed by atoms with Gasteiger partial charge in [0.1, 0.15) is 6.54 Å². The zero-order chi connectivity index (χ0) is 16.2. The van der Waals surface area contributed by atoms with Gasteiger partial charge in [-0.1, -0.05) is 46.3 Å². The molecule has 0 aliphatic carbocycles. The highest BCUT2D eigenvalue weighted by Gasteiger charge is 2.08. The number of hydrogen-bond donors (Lipinski definition) is 0. The lowest BCUT2D eigenvalue weighted by atomic mass is 10.0. The normalized spacial score (nSPS) is 11.2. The summed E-state index contributed by atoms with van der Waals surface area (Å²) in [5, 5.41) is 19.5. The molecule has 4 heteroatoms. The van der Waals surface area contributed by atoms with E-state index < -0.39 is 0 Å². The molecule has 0 atom stereocenters. The van der Waals surface area contributed by atoms with E-state index in [-0.39, 0.29) is 6.54 Å². The molecule has 0 saturated heterocycles. The Labute approximate surface area is 142 Å². The zero-order valence-electron chi connectivity index (χ0n) is 12.2. The van der Waals surface area contributed by atoms with Gasteiger partial charge in [-0.2, -0.15) is 10.5 Å². The number of para-hydroxylation sites is 1. The Morgan fingerprint density at radius 1 is 1.09 bits per heavy atom. The van der Waals surface area contributed by atoms with E-state index in [4.69, 9.17) is 5.26 Å². The maximum atomic E-state index is 9.50. The average Bonchev–Trinajstić information content (AvgIpc) is 2.92. The predicted octanol–water partition coefficient (Wildman–Crippen LogP) is 4.99. The van der Waals surface area contributed by atoms with Gasteiger partial charge in [0.05, 0.1) is 17.7 Å². The molecule has 23 heavy (non-hydrogen) atoms. The van der Waals surface area contributed by atoms with Gasteiger partial charge in [0.25, 0.3) is 0 Å². The number of rotatable bonds is 3. The second kappa shape index (κ2) is 6.52. The van der Waals surface area contributed by atoms with Crippen molar-refractivity contribution < 1.29 is 0 Å². The first kappa shape index (κ1) is 15.1. The van der Waals surface area contributed by atoms with Crippen LogP contribution in [0.5, 0.6) is 0 Å². The topological polar surface area (TPSA) is 52.5 Å². The van der Waals surface area contributed by atoms with Gasteiger partial charge in [0.15, 0.2) is 0 Å². The lowest BCUT2D eigenvalue weighted by Crippen LogP contribution is -1.91. The molecule has 110 valence electrons. The Morgan fingerprint density at radius 3 is 2.52 bits per heavy atom. The number of hydrogen-bond acceptors (Lipinski definition) is 2. The highest BCUT2D eigenvalue weighted by atomic mass is 79.9. The lowest BCUT2D eigenvalue weighted by Gasteiger charge is -1.99. The van der Waals surface area contributed by atoms with Crippen molar-refractivity contribution in [1.29, 1.82) is 10.5 Å². The van der Waals surface area contributed by atoms with Crippen LogP contribution in [-0.2, 0) is 6.54 Å². The van der Waals surface area contributed by atoms with Gasteiger partial charge < -0.3 is 4.57 Å². The smallest absolute Gasteiger partial charge is 0.110 e. The average molecular weight is 362 g/mol. The van der Waals surface area contributed by atoms with Crippen molar-refractivity contribution in [2.24, 2.45) is 0 Å². The summed E-state index contributed by atoms with van der Waals surface area (Å²) in [6, 6.07) is 20.0. The first-order valence-corrected chi connectivity index (χ1v) is 7.85. The molecule has 0 unspecified atom stereocenters. The van der Waals surface area contributed by atoms with Crippen molar-refractivity contribution in [3.05, 3.63) is 70.3 Å². The quantitative estimate of drug-likeness (QED) is 0.616. The molecule has 2 aromatic carbocycles. The summed E-state index contributed by atoms with van der Waals surface area (Å²) >= 11 is 3.40. The molecule has 3 rings (SSSR count). The van der Waals surface area contributed by atoms with Crippen LogP contribution in [0.15, 0.2) is 59.2 Å². The molecule has 1 aromatic heterocycles. The van der Waals surface area contributed by atoms with Crippen molar-refractivity contribution in [2.45, 2.75) is 6.54 Å². The summed E-state index contributed by atoms with van der Waals surface area (Å²) in [7, 11) is 0. The van der Waals surface area contributed by atoms with E-state index in [0.29, 0.717) is 5.57 Å². The van der Waals surface area contributed by atoms with Crippen LogP contribution in [0.25, 0.3) is 22.6 Å². The molecule has 0 fully saturated rings. The summed E-state index contributed by atoms with van der Waals surface area (Å²) < 4.78 is 2.88. The minimum atomic E-state index is 0.286. The Bertz CT molecular complexity index is 967. The number of nitrogens with zero attached hydrogens (tertiary/aromatic N) is 3. The Kier molecular flexibility index (Phi) is 4.28. The third kappa shape index (κ3) is 3.04. The highest BCUT2D eigenvalue weighted by Crippen LogP contribution is 2.26. The largest absolute Gasteiger partial charge is 0.333 e. The van der Waals surface area contributed by atoms with Crippen LogP contribution in [0.3, 0.4) is 0 Å². The molecule has 0 N–H and O–H groups in total. The van der Waals surface area contributed by atoms with Crippen LogP contribution in [0, 0.1) is 22.7 Å². The van der Waals surface area contributed by atoms with Crippen molar-refractivity contribution in [3.8, 4) is 12.1 Å². The molecule has 0 bridgehead atoms. The van der Waals surface area contributed by atoms with Crippen LogP contribution in [0.2, 0.25) is 0 Å². The monoisotopic (exact) mass is 361 g/mol. The van der Waals surface area contributed by atoms with Crippen LogP contribution in [-0.4, -0.2) is 4.57 Å². The summed E-state index contributed by atoms with van der Waals surface area (Å²) in [4.78, 5) is 0. The van der Waals surface area contributed by atoms with Crippen molar-refractivity contribution in [3.63, 3.8) is 0 Å². The predicted molar refractivity (Wildman–Crippen MR) is 95.2 cm³/mol. The fourth-order valence-electron chi connectivity index (χ4n) is 2.56. The number of fused-ring (bicyclic) bond motifs is 1. The Balaban J connectivity index is 2.14. The molecular formula is C19H12BrN3. The standard InChI is InChI=1S/C19H12BrN3/c20-17-7-5-14(6-8-17)15(12-22)11-16-13-23(10-9-21)19-4-2-1-3-18(16)19/h1-8,11,13H,10H2/b15-11-. The third-order valence-corrected chi connectivity index (χ3v) is 4.16. The molecule has 0 spiro atoms. The maximum absolute atomic E-state index is 9.50. The van der Waals surface area contributed by atoms with Crippen molar-refractivity contribution in [2.75, 3.05) is 0 Å². The molecule has 0 amide bonds. The summed E-state index contributed by atoms with van der Waals surface area (Å²) in [6.07, 6.45) is 3.80. The van der Waals surface area contributed by atoms with Crippen LogP contribution in [0.4, 0.5) is 0 Å². The molecule has 1 heterocycles. The molecule has 3 nitrogen and oxygen atoms in total. The number of nitriles is 2. The second-order valence-corrected chi connectivity index (χ2v) is 5.98. The Hall–Kier alpha value is -2.82. The molecule has 0 saturated carbocycles. The van der Waals surface area contributed by atoms with Crippen LogP contribution < -0.4 is 0 Å². The van der Waals surface area contributed by atoms with Gasteiger partial charge in [-0.15, -0.1) is 0 Å². The molecule has 0 aliphatic rings. The van der Waals surface area contributed by atoms with E-state index in [2.05, 4.69) is 28.1 Å². The van der Waals surface area contributed by atoms with E-state index in [1.54, 1.807) is 0 Å². The molecule has 0 radical (unpaired) electrons. The minimum absolute atomic E-state index is 0.286. The lowest BCUT2D eigenvalue weighted by molar-refractivity contribution is 0.873. The van der Waals surface area contributed by atoms with Gasteiger partial charge in [0.2, 0.25) is 0 Å². The van der Waals surface area contributed by atoms with Gasteiger partial charge in [-0.3, -0.25) is 0 Å². The van der Waals surface area contributed by atoms with Gasteiger partial charge in [-0.05, 0) is 29.8 Å². The van der Waals surface area contributed by atoms with E-state index in [0.717, 1.165) is 26.5 Å². The third-order valence-electron chi connectivity index (χ3n) is 3.64. The van der Waals surface area contributed by atoms with Gasteiger partial charge >= 0.3 is 0 Å². The number of aromatic nitrogens is 1. The van der Waals surface area contributed by atoms with E-state index >= 15 is 0 Å². The first-order valence-electron chi connectivity index (χ1n) is 7.05. The summed E-state index contributed by atoms with van der Waals surface area (Å²) in [5.41, 5.74) is 3.40. The second-order valence-electron chi connectivity index (χ2n) is 5.06. The SMILES string of the molecule is N#CCn1cc(/C=C(/C#N)c2ccc(Br)cc2)c2ccccc21.